The van der Waals surface area contributed by atoms with Crippen molar-refractivity contribution in [3.8, 4) is 0 Å². The highest BCUT2D eigenvalue weighted by Gasteiger charge is 2.13. The smallest absolute Gasteiger partial charge is 0.324 e. The molecule has 0 bridgehead atoms. The number of thiophene rings is 1. The Labute approximate surface area is 116 Å². The molecule has 0 aliphatic rings. The van der Waals surface area contributed by atoms with E-state index in [1.54, 1.807) is 11.4 Å². The van der Waals surface area contributed by atoms with E-state index >= 15 is 0 Å². The highest BCUT2D eigenvalue weighted by Crippen LogP contribution is 2.22. The third-order valence-electron chi connectivity index (χ3n) is 2.19. The third kappa shape index (κ3) is 6.30. The highest BCUT2D eigenvalue weighted by atomic mass is 32.1. The summed E-state index contributed by atoms with van der Waals surface area (Å²) in [7, 11) is 0. The first-order chi connectivity index (χ1) is 8.78. The fraction of sp³-hybridized carbons (Fsp3) is 0.583. The van der Waals surface area contributed by atoms with Crippen molar-refractivity contribution in [2.24, 2.45) is 0 Å². The summed E-state index contributed by atoms with van der Waals surface area (Å²) in [6.07, 6.45) is 0.392. The molecular formula is C12H19N3O3S. The van der Waals surface area contributed by atoms with Crippen LogP contribution in [0.15, 0.2) is 11.4 Å². The van der Waals surface area contributed by atoms with Crippen molar-refractivity contribution in [3.05, 3.63) is 27.1 Å². The molecule has 0 atom stereocenters. The number of nitrogens with one attached hydrogen (secondary N) is 2. The van der Waals surface area contributed by atoms with Gasteiger partial charge in [-0.2, -0.15) is 0 Å². The molecule has 0 unspecified atom stereocenters. The number of hydrogen-bond acceptors (Lipinski definition) is 5. The van der Waals surface area contributed by atoms with Gasteiger partial charge in [0.25, 0.3) is 0 Å². The van der Waals surface area contributed by atoms with Crippen molar-refractivity contribution in [1.82, 2.24) is 10.6 Å². The molecule has 2 N–H and O–H groups in total. The summed E-state index contributed by atoms with van der Waals surface area (Å²) in [5.41, 5.74) is 0.651. The van der Waals surface area contributed by atoms with Crippen molar-refractivity contribution >= 4 is 22.2 Å². The fourth-order valence-corrected chi connectivity index (χ4v) is 2.20. The zero-order valence-electron chi connectivity index (χ0n) is 11.4. The van der Waals surface area contributed by atoms with Crippen molar-refractivity contribution in [2.45, 2.75) is 39.3 Å². The Morgan fingerprint density at radius 2 is 2.16 bits per heavy atom. The molecular weight excluding hydrogens is 266 g/mol. The molecule has 106 valence electrons. The van der Waals surface area contributed by atoms with Crippen molar-refractivity contribution < 1.29 is 9.72 Å². The van der Waals surface area contributed by atoms with Crippen LogP contribution < -0.4 is 10.6 Å². The first-order valence-electron chi connectivity index (χ1n) is 6.01. The van der Waals surface area contributed by atoms with Gasteiger partial charge in [-0.15, -0.1) is 0 Å². The summed E-state index contributed by atoms with van der Waals surface area (Å²) >= 11 is 1.11. The average molecular weight is 285 g/mol. The van der Waals surface area contributed by atoms with Crippen LogP contribution in [0.4, 0.5) is 5.00 Å². The van der Waals surface area contributed by atoms with Crippen LogP contribution >= 0.6 is 11.3 Å². The number of nitrogens with zero attached hydrogens (tertiary/aromatic N) is 1. The van der Waals surface area contributed by atoms with E-state index in [4.69, 9.17) is 0 Å². The molecule has 19 heavy (non-hydrogen) atoms. The molecule has 0 spiro atoms. The predicted molar refractivity (Wildman–Crippen MR) is 75.2 cm³/mol. The quantitative estimate of drug-likeness (QED) is 0.476. The number of carbonyl (C=O) groups is 1. The van der Waals surface area contributed by atoms with Gasteiger partial charge in [-0.05, 0) is 26.3 Å². The number of hydrogen-bond donors (Lipinski definition) is 2. The van der Waals surface area contributed by atoms with Crippen LogP contribution in [0.2, 0.25) is 0 Å². The maximum absolute atomic E-state index is 11.5. The Balaban J connectivity index is 2.23. The Bertz CT molecular complexity index is 451. The molecule has 0 saturated carbocycles. The number of nitro groups is 1. The van der Waals surface area contributed by atoms with E-state index in [1.807, 2.05) is 20.8 Å². The second-order valence-electron chi connectivity index (χ2n) is 5.28. The Kier molecular flexibility index (Phi) is 5.44. The molecule has 1 rings (SSSR count). The lowest BCUT2D eigenvalue weighted by Crippen LogP contribution is -2.41. The van der Waals surface area contributed by atoms with E-state index in [0.717, 1.165) is 16.9 Å². The molecule has 0 aliphatic heterocycles. The molecule has 0 aromatic carbocycles. The predicted octanol–water partition coefficient (Wildman–Crippen LogP) is 2.05. The van der Waals surface area contributed by atoms with Gasteiger partial charge in [0.1, 0.15) is 0 Å². The maximum atomic E-state index is 11.5. The van der Waals surface area contributed by atoms with Crippen LogP contribution in [0.3, 0.4) is 0 Å². The Morgan fingerprint density at radius 3 is 2.68 bits per heavy atom. The zero-order valence-corrected chi connectivity index (χ0v) is 12.2. The standard InChI is InChI=1S/C12H19N3O3S/c1-12(2,3)14-10(16)4-5-13-7-9-6-11(15(17)18)19-8-9/h6,8,13H,4-5,7H2,1-3H3,(H,14,16). The second-order valence-corrected chi connectivity index (χ2v) is 6.16. The number of amides is 1. The van der Waals surface area contributed by atoms with Gasteiger partial charge in [-0.1, -0.05) is 11.3 Å². The molecule has 0 saturated heterocycles. The SMILES string of the molecule is CC(C)(C)NC(=O)CCNCc1csc([N+](=O)[O-])c1. The molecule has 1 aromatic rings. The minimum absolute atomic E-state index is 0.00343. The lowest BCUT2D eigenvalue weighted by molar-refractivity contribution is -0.380. The molecule has 0 fully saturated rings. The van der Waals surface area contributed by atoms with E-state index in [0.29, 0.717) is 19.5 Å². The van der Waals surface area contributed by atoms with Crippen molar-refractivity contribution in [3.63, 3.8) is 0 Å². The van der Waals surface area contributed by atoms with Gasteiger partial charge >= 0.3 is 5.00 Å². The fourth-order valence-electron chi connectivity index (χ4n) is 1.47. The van der Waals surface area contributed by atoms with Crippen LogP contribution in [-0.4, -0.2) is 22.9 Å². The van der Waals surface area contributed by atoms with Crippen LogP contribution in [0.25, 0.3) is 0 Å². The van der Waals surface area contributed by atoms with Crippen LogP contribution in [0.5, 0.6) is 0 Å². The third-order valence-corrected chi connectivity index (χ3v) is 3.12. The van der Waals surface area contributed by atoms with Crippen LogP contribution in [-0.2, 0) is 11.3 Å². The Hall–Kier alpha value is -1.47. The minimum atomic E-state index is -0.398. The van der Waals surface area contributed by atoms with Gasteiger partial charge in [0.05, 0.1) is 4.92 Å². The van der Waals surface area contributed by atoms with Gasteiger partial charge in [0.15, 0.2) is 0 Å². The van der Waals surface area contributed by atoms with Gasteiger partial charge in [0.2, 0.25) is 5.91 Å². The molecule has 1 heterocycles. The lowest BCUT2D eigenvalue weighted by atomic mass is 10.1. The topological polar surface area (TPSA) is 84.3 Å². The summed E-state index contributed by atoms with van der Waals surface area (Å²) in [6, 6.07) is 1.55. The highest BCUT2D eigenvalue weighted by molar-refractivity contribution is 7.13. The minimum Gasteiger partial charge on any atom is -0.351 e. The van der Waals surface area contributed by atoms with Gasteiger partial charge in [0, 0.05) is 36.5 Å². The normalized spacial score (nSPS) is 11.3. The van der Waals surface area contributed by atoms with E-state index in [-0.39, 0.29) is 16.4 Å². The molecule has 6 nitrogen and oxygen atoms in total. The average Bonchev–Trinajstić information content (AvgIpc) is 2.70. The van der Waals surface area contributed by atoms with E-state index in [9.17, 15) is 14.9 Å². The maximum Gasteiger partial charge on any atom is 0.324 e. The van der Waals surface area contributed by atoms with Gasteiger partial charge < -0.3 is 10.6 Å². The summed E-state index contributed by atoms with van der Waals surface area (Å²) in [5, 5.41) is 18.4. The summed E-state index contributed by atoms with van der Waals surface area (Å²) in [4.78, 5) is 21.6. The van der Waals surface area contributed by atoms with Crippen LogP contribution in [0, 0.1) is 10.1 Å². The monoisotopic (exact) mass is 285 g/mol. The van der Waals surface area contributed by atoms with E-state index < -0.39 is 4.92 Å². The van der Waals surface area contributed by atoms with Crippen molar-refractivity contribution in [1.29, 1.82) is 0 Å². The van der Waals surface area contributed by atoms with Crippen LogP contribution in [0.1, 0.15) is 32.8 Å². The first kappa shape index (κ1) is 15.6. The van der Waals surface area contributed by atoms with E-state index in [1.165, 1.54) is 0 Å². The number of carbonyl (C=O) groups excluding carboxylic acids is 1. The molecule has 7 heteroatoms. The summed E-state index contributed by atoms with van der Waals surface area (Å²) in [5.74, 6) is -0.00343. The Morgan fingerprint density at radius 1 is 1.47 bits per heavy atom. The van der Waals surface area contributed by atoms with Gasteiger partial charge in [-0.25, -0.2) is 0 Å². The summed E-state index contributed by atoms with van der Waals surface area (Å²) in [6.45, 7) is 6.88. The number of rotatable bonds is 6. The molecule has 1 aromatic heterocycles. The largest absolute Gasteiger partial charge is 0.351 e. The van der Waals surface area contributed by atoms with Gasteiger partial charge in [-0.3, -0.25) is 14.9 Å². The summed E-state index contributed by atoms with van der Waals surface area (Å²) < 4.78 is 0. The lowest BCUT2D eigenvalue weighted by Gasteiger charge is -2.20. The molecule has 0 radical (unpaired) electrons. The molecule has 1 amide bonds. The second kappa shape index (κ2) is 6.63. The zero-order chi connectivity index (χ0) is 14.5. The van der Waals surface area contributed by atoms with Crippen molar-refractivity contribution in [2.75, 3.05) is 6.54 Å². The van der Waals surface area contributed by atoms with E-state index in [2.05, 4.69) is 10.6 Å². The molecule has 0 aliphatic carbocycles. The first-order valence-corrected chi connectivity index (χ1v) is 6.89.